The molecule has 0 saturated heterocycles. The second kappa shape index (κ2) is 5.60. The summed E-state index contributed by atoms with van der Waals surface area (Å²) in [5.74, 6) is 0. The summed E-state index contributed by atoms with van der Waals surface area (Å²) in [6.45, 7) is 3.82. The van der Waals surface area contributed by atoms with Crippen LogP contribution in [-0.2, 0) is 6.42 Å². The second-order valence-corrected chi connectivity index (χ2v) is 4.52. The topological polar surface area (TPSA) is 52.0 Å². The molecule has 0 aromatic heterocycles. The van der Waals surface area contributed by atoms with Crippen LogP contribution in [0, 0.1) is 0 Å². The zero-order chi connectivity index (χ0) is 12.1. The van der Waals surface area contributed by atoms with Crippen LogP contribution in [0.2, 0.25) is 0 Å². The molecule has 0 saturated carbocycles. The Morgan fingerprint density at radius 3 is 3.12 bits per heavy atom. The summed E-state index contributed by atoms with van der Waals surface area (Å²) in [5, 5.41) is 3.59. The molecule has 0 spiro atoms. The Hall–Kier alpha value is -1.67. The van der Waals surface area contributed by atoms with E-state index >= 15 is 0 Å². The lowest BCUT2D eigenvalue weighted by molar-refractivity contribution is 0.553. The van der Waals surface area contributed by atoms with Gasteiger partial charge < -0.3 is 4.90 Å². The number of benzene rings is 1. The number of azide groups is 1. The van der Waals surface area contributed by atoms with Gasteiger partial charge in [-0.25, -0.2) is 0 Å². The highest BCUT2D eigenvalue weighted by molar-refractivity contribution is 5.56. The number of hydrogen-bond acceptors (Lipinski definition) is 2. The molecule has 0 radical (unpaired) electrons. The van der Waals surface area contributed by atoms with Crippen molar-refractivity contribution < 1.29 is 0 Å². The molecule has 0 N–H and O–H groups in total. The molecule has 2 rings (SSSR count). The molecule has 1 atom stereocenters. The lowest BCUT2D eigenvalue weighted by Crippen LogP contribution is -2.38. The van der Waals surface area contributed by atoms with Gasteiger partial charge >= 0.3 is 0 Å². The molecule has 1 aromatic rings. The van der Waals surface area contributed by atoms with Gasteiger partial charge in [0.2, 0.25) is 0 Å². The van der Waals surface area contributed by atoms with Crippen LogP contribution in [0.25, 0.3) is 10.4 Å². The Morgan fingerprint density at radius 1 is 1.47 bits per heavy atom. The molecule has 90 valence electrons. The second-order valence-electron chi connectivity index (χ2n) is 4.52. The molecule has 1 aliphatic heterocycles. The lowest BCUT2D eigenvalue weighted by Gasteiger charge is -2.37. The van der Waals surface area contributed by atoms with Gasteiger partial charge in [0.1, 0.15) is 0 Å². The number of aryl methyl sites for hydroxylation is 1. The van der Waals surface area contributed by atoms with Crippen LogP contribution in [-0.4, -0.2) is 19.1 Å². The van der Waals surface area contributed by atoms with Crippen molar-refractivity contribution in [3.8, 4) is 0 Å². The van der Waals surface area contributed by atoms with Crippen LogP contribution in [0.5, 0.6) is 0 Å². The number of anilines is 1. The standard InChI is InChI=1S/C13H18N4/c1-11-7-8-12-5-2-3-6-13(12)17(11)10-4-9-15-16-14/h2-3,5-6,11H,4,7-10H2,1H3. The van der Waals surface area contributed by atoms with Crippen LogP contribution in [0.15, 0.2) is 29.4 Å². The summed E-state index contributed by atoms with van der Waals surface area (Å²) in [6.07, 6.45) is 3.30. The minimum Gasteiger partial charge on any atom is -0.369 e. The van der Waals surface area contributed by atoms with Crippen LogP contribution >= 0.6 is 0 Å². The van der Waals surface area contributed by atoms with E-state index in [1.807, 2.05) is 0 Å². The molecule has 0 aliphatic carbocycles. The van der Waals surface area contributed by atoms with Gasteiger partial charge in [-0.05, 0) is 43.3 Å². The summed E-state index contributed by atoms with van der Waals surface area (Å²) in [4.78, 5) is 5.22. The molecule has 1 unspecified atom stereocenters. The molecule has 17 heavy (non-hydrogen) atoms. The zero-order valence-electron chi connectivity index (χ0n) is 10.2. The Balaban J connectivity index is 2.07. The summed E-state index contributed by atoms with van der Waals surface area (Å²) in [7, 11) is 0. The first-order chi connectivity index (χ1) is 8.33. The molecule has 0 bridgehead atoms. The van der Waals surface area contributed by atoms with Crippen molar-refractivity contribution in [2.75, 3.05) is 18.0 Å². The van der Waals surface area contributed by atoms with Crippen LogP contribution in [0.3, 0.4) is 0 Å². The molecule has 1 heterocycles. The van der Waals surface area contributed by atoms with E-state index in [9.17, 15) is 0 Å². The molecular weight excluding hydrogens is 212 g/mol. The van der Waals surface area contributed by atoms with E-state index in [-0.39, 0.29) is 0 Å². The minimum absolute atomic E-state index is 0.580. The molecule has 0 fully saturated rings. The predicted molar refractivity (Wildman–Crippen MR) is 70.2 cm³/mol. The SMILES string of the molecule is CC1CCc2ccccc2N1CCCN=[N+]=[N-]. The van der Waals surface area contributed by atoms with Gasteiger partial charge in [-0.15, -0.1) is 0 Å². The number of rotatable bonds is 4. The number of nitrogens with zero attached hydrogens (tertiary/aromatic N) is 4. The molecule has 4 heteroatoms. The van der Waals surface area contributed by atoms with Crippen LogP contribution in [0.4, 0.5) is 5.69 Å². The van der Waals surface area contributed by atoms with Crippen LogP contribution < -0.4 is 4.90 Å². The molecule has 4 nitrogen and oxygen atoms in total. The fourth-order valence-electron chi connectivity index (χ4n) is 2.46. The van der Waals surface area contributed by atoms with Crippen molar-refractivity contribution in [1.29, 1.82) is 0 Å². The van der Waals surface area contributed by atoms with Gasteiger partial charge in [-0.3, -0.25) is 0 Å². The highest BCUT2D eigenvalue weighted by atomic mass is 15.2. The summed E-state index contributed by atoms with van der Waals surface area (Å²) >= 11 is 0. The van der Waals surface area contributed by atoms with Crippen molar-refractivity contribution in [2.24, 2.45) is 5.11 Å². The van der Waals surface area contributed by atoms with E-state index < -0.39 is 0 Å². The number of para-hydroxylation sites is 1. The van der Waals surface area contributed by atoms with Crippen molar-refractivity contribution in [3.63, 3.8) is 0 Å². The summed E-state index contributed by atoms with van der Waals surface area (Å²) in [6, 6.07) is 9.18. The van der Waals surface area contributed by atoms with Gasteiger partial charge in [-0.2, -0.15) is 0 Å². The smallest absolute Gasteiger partial charge is 0.0401 e. The first-order valence-corrected chi connectivity index (χ1v) is 6.18. The van der Waals surface area contributed by atoms with Crippen molar-refractivity contribution in [3.05, 3.63) is 40.3 Å². The summed E-state index contributed by atoms with van der Waals surface area (Å²) < 4.78 is 0. The monoisotopic (exact) mass is 230 g/mol. The maximum Gasteiger partial charge on any atom is 0.0401 e. The Bertz CT molecular complexity index is 423. The van der Waals surface area contributed by atoms with Crippen molar-refractivity contribution in [1.82, 2.24) is 0 Å². The average molecular weight is 230 g/mol. The third-order valence-electron chi connectivity index (χ3n) is 3.38. The minimum atomic E-state index is 0.580. The van der Waals surface area contributed by atoms with Crippen molar-refractivity contribution >= 4 is 5.69 Å². The molecule has 1 aromatic carbocycles. The van der Waals surface area contributed by atoms with E-state index in [1.165, 1.54) is 24.1 Å². The fraction of sp³-hybridized carbons (Fsp3) is 0.538. The zero-order valence-corrected chi connectivity index (χ0v) is 10.2. The van der Waals surface area contributed by atoms with Gasteiger partial charge in [0.15, 0.2) is 0 Å². The molecule has 1 aliphatic rings. The van der Waals surface area contributed by atoms with Crippen LogP contribution in [0.1, 0.15) is 25.3 Å². The highest BCUT2D eigenvalue weighted by Gasteiger charge is 2.21. The third-order valence-corrected chi connectivity index (χ3v) is 3.38. The first-order valence-electron chi connectivity index (χ1n) is 6.18. The predicted octanol–water partition coefficient (Wildman–Crippen LogP) is 3.53. The van der Waals surface area contributed by atoms with E-state index in [4.69, 9.17) is 5.53 Å². The van der Waals surface area contributed by atoms with E-state index in [0.717, 1.165) is 13.0 Å². The maximum absolute atomic E-state index is 8.26. The van der Waals surface area contributed by atoms with E-state index in [2.05, 4.69) is 46.1 Å². The largest absolute Gasteiger partial charge is 0.369 e. The van der Waals surface area contributed by atoms with Gasteiger partial charge in [0.05, 0.1) is 0 Å². The molecule has 0 amide bonds. The Labute approximate surface area is 102 Å². The lowest BCUT2D eigenvalue weighted by atomic mass is 9.96. The Morgan fingerprint density at radius 2 is 2.29 bits per heavy atom. The van der Waals surface area contributed by atoms with Gasteiger partial charge in [-0.1, -0.05) is 23.3 Å². The number of fused-ring (bicyclic) bond motifs is 1. The van der Waals surface area contributed by atoms with Crippen molar-refractivity contribution in [2.45, 2.75) is 32.2 Å². The first kappa shape index (κ1) is 11.8. The summed E-state index contributed by atoms with van der Waals surface area (Å²) in [5.41, 5.74) is 11.1. The normalized spacial score (nSPS) is 18.4. The van der Waals surface area contributed by atoms with Gasteiger partial charge in [0, 0.05) is 29.7 Å². The average Bonchev–Trinajstić information content (AvgIpc) is 2.37. The molecular formula is C13H18N4. The third kappa shape index (κ3) is 2.71. The quantitative estimate of drug-likeness (QED) is 0.338. The van der Waals surface area contributed by atoms with Gasteiger partial charge in [0.25, 0.3) is 0 Å². The fourth-order valence-corrected chi connectivity index (χ4v) is 2.46. The highest BCUT2D eigenvalue weighted by Crippen LogP contribution is 2.30. The number of hydrogen-bond donors (Lipinski definition) is 0. The maximum atomic E-state index is 8.26. The van der Waals surface area contributed by atoms with E-state index in [0.29, 0.717) is 12.6 Å². The van der Waals surface area contributed by atoms with E-state index in [1.54, 1.807) is 0 Å². The Kier molecular flexibility index (Phi) is 3.89.